The van der Waals surface area contributed by atoms with E-state index in [1.807, 2.05) is 32.2 Å². The van der Waals surface area contributed by atoms with Crippen molar-refractivity contribution in [3.8, 4) is 11.6 Å². The smallest absolute Gasteiger partial charge is 0.241 e. The van der Waals surface area contributed by atoms with Crippen molar-refractivity contribution in [1.29, 1.82) is 0 Å². The lowest BCUT2D eigenvalue weighted by atomic mass is 10.2. The summed E-state index contributed by atoms with van der Waals surface area (Å²) in [6.07, 6.45) is 0.983. The summed E-state index contributed by atoms with van der Waals surface area (Å²) in [5.74, 6) is 1.38. The van der Waals surface area contributed by atoms with E-state index < -0.39 is 0 Å². The summed E-state index contributed by atoms with van der Waals surface area (Å²) in [5.41, 5.74) is 8.53. The van der Waals surface area contributed by atoms with E-state index in [4.69, 9.17) is 10.5 Å². The summed E-state index contributed by atoms with van der Waals surface area (Å²) in [6.45, 7) is 3.98. The summed E-state index contributed by atoms with van der Waals surface area (Å²) in [6, 6.07) is 7.99. The summed E-state index contributed by atoms with van der Waals surface area (Å²) >= 11 is 0. The minimum Gasteiger partial charge on any atom is -0.437 e. The van der Waals surface area contributed by atoms with Crippen LogP contribution in [0.1, 0.15) is 18.2 Å². The Hall–Kier alpha value is -1.97. The normalized spacial score (nSPS) is 10.5. The molecule has 4 nitrogen and oxygen atoms in total. The quantitative estimate of drug-likeness (QED) is 0.883. The molecule has 0 aliphatic heterocycles. The molecule has 2 N–H and O–H groups in total. The lowest BCUT2D eigenvalue weighted by Gasteiger charge is -2.07. The van der Waals surface area contributed by atoms with Gasteiger partial charge in [-0.15, -0.1) is 0 Å². The molecule has 0 amide bonds. The SMILES string of the molecule is CCc1cccc(Oc2c(N)c(C)nn2C)c1. The molecule has 1 aromatic carbocycles. The Morgan fingerprint density at radius 1 is 1.41 bits per heavy atom. The minimum atomic E-state index is 0.592. The zero-order chi connectivity index (χ0) is 12.4. The first-order valence-electron chi connectivity index (χ1n) is 5.67. The van der Waals surface area contributed by atoms with Crippen LogP contribution in [0.5, 0.6) is 11.6 Å². The highest BCUT2D eigenvalue weighted by Crippen LogP contribution is 2.29. The van der Waals surface area contributed by atoms with E-state index in [-0.39, 0.29) is 0 Å². The van der Waals surface area contributed by atoms with Crippen molar-refractivity contribution in [3.63, 3.8) is 0 Å². The number of rotatable bonds is 3. The molecule has 1 aromatic heterocycles. The van der Waals surface area contributed by atoms with Crippen LogP contribution in [0.2, 0.25) is 0 Å². The molecular formula is C13H17N3O. The second kappa shape index (κ2) is 4.49. The molecule has 0 saturated heterocycles. The molecule has 17 heavy (non-hydrogen) atoms. The molecule has 90 valence electrons. The first-order chi connectivity index (χ1) is 8.11. The molecule has 0 aliphatic rings. The van der Waals surface area contributed by atoms with Crippen LogP contribution in [0, 0.1) is 6.92 Å². The summed E-state index contributed by atoms with van der Waals surface area (Å²) in [7, 11) is 1.82. The number of nitrogen functional groups attached to an aromatic ring is 1. The molecule has 0 fully saturated rings. The van der Waals surface area contributed by atoms with Crippen LogP contribution < -0.4 is 10.5 Å². The number of anilines is 1. The van der Waals surface area contributed by atoms with Crippen molar-refractivity contribution in [2.75, 3.05) is 5.73 Å². The third kappa shape index (κ3) is 2.25. The molecule has 0 bridgehead atoms. The van der Waals surface area contributed by atoms with E-state index in [0.29, 0.717) is 11.6 Å². The maximum Gasteiger partial charge on any atom is 0.241 e. The minimum absolute atomic E-state index is 0.592. The Morgan fingerprint density at radius 3 is 2.76 bits per heavy atom. The van der Waals surface area contributed by atoms with Gasteiger partial charge < -0.3 is 10.5 Å². The van der Waals surface area contributed by atoms with Gasteiger partial charge in [-0.3, -0.25) is 0 Å². The predicted octanol–water partition coefficient (Wildman–Crippen LogP) is 2.67. The van der Waals surface area contributed by atoms with Crippen LogP contribution in [-0.4, -0.2) is 9.78 Å². The first kappa shape index (κ1) is 11.5. The summed E-state index contributed by atoms with van der Waals surface area (Å²) in [5, 5.41) is 4.22. The average molecular weight is 231 g/mol. The second-order valence-corrected chi connectivity index (χ2v) is 4.03. The van der Waals surface area contributed by atoms with Gasteiger partial charge in [0.1, 0.15) is 11.4 Å². The number of nitrogens with zero attached hydrogens (tertiary/aromatic N) is 2. The van der Waals surface area contributed by atoms with Gasteiger partial charge >= 0.3 is 0 Å². The Bertz CT molecular complexity index is 531. The first-order valence-corrected chi connectivity index (χ1v) is 5.67. The van der Waals surface area contributed by atoms with Gasteiger partial charge in [-0.05, 0) is 31.0 Å². The molecule has 2 aromatic rings. The van der Waals surface area contributed by atoms with Gasteiger partial charge in [-0.2, -0.15) is 5.10 Å². The van der Waals surface area contributed by atoms with E-state index in [9.17, 15) is 0 Å². The van der Waals surface area contributed by atoms with Crippen molar-refractivity contribution in [2.24, 2.45) is 7.05 Å². The third-order valence-corrected chi connectivity index (χ3v) is 2.74. The van der Waals surface area contributed by atoms with Crippen molar-refractivity contribution >= 4 is 5.69 Å². The van der Waals surface area contributed by atoms with Crippen LogP contribution >= 0.6 is 0 Å². The van der Waals surface area contributed by atoms with Crippen LogP contribution in [0.15, 0.2) is 24.3 Å². The monoisotopic (exact) mass is 231 g/mol. The Kier molecular flexibility index (Phi) is 3.04. The Labute approximate surface area is 101 Å². The lowest BCUT2D eigenvalue weighted by Crippen LogP contribution is -1.97. The standard InChI is InChI=1S/C13H17N3O/c1-4-10-6-5-7-11(8-10)17-13-12(14)9(2)15-16(13)3/h5-8H,4,14H2,1-3H3. The van der Waals surface area contributed by atoms with Crippen LogP contribution in [0.4, 0.5) is 5.69 Å². The Morgan fingerprint density at radius 2 is 2.18 bits per heavy atom. The van der Waals surface area contributed by atoms with Gasteiger partial charge in [-0.1, -0.05) is 19.1 Å². The molecule has 4 heteroatoms. The summed E-state index contributed by atoms with van der Waals surface area (Å²) < 4.78 is 7.43. The predicted molar refractivity (Wildman–Crippen MR) is 68.3 cm³/mol. The van der Waals surface area contributed by atoms with Crippen molar-refractivity contribution < 1.29 is 4.74 Å². The largest absolute Gasteiger partial charge is 0.437 e. The van der Waals surface area contributed by atoms with Gasteiger partial charge in [0, 0.05) is 7.05 Å². The third-order valence-electron chi connectivity index (χ3n) is 2.74. The number of aromatic nitrogens is 2. The number of nitrogens with two attached hydrogens (primary N) is 1. The maximum atomic E-state index is 5.91. The lowest BCUT2D eigenvalue weighted by molar-refractivity contribution is 0.432. The fourth-order valence-electron chi connectivity index (χ4n) is 1.71. The molecule has 0 aliphatic carbocycles. The highest BCUT2D eigenvalue weighted by Gasteiger charge is 2.12. The van der Waals surface area contributed by atoms with E-state index in [2.05, 4.69) is 18.1 Å². The van der Waals surface area contributed by atoms with E-state index in [0.717, 1.165) is 17.9 Å². The highest BCUT2D eigenvalue weighted by molar-refractivity contribution is 5.53. The number of aryl methyl sites for hydroxylation is 3. The highest BCUT2D eigenvalue weighted by atomic mass is 16.5. The topological polar surface area (TPSA) is 53.1 Å². The maximum absolute atomic E-state index is 5.91. The van der Waals surface area contributed by atoms with E-state index in [1.54, 1.807) is 4.68 Å². The van der Waals surface area contributed by atoms with Crippen LogP contribution in [0.25, 0.3) is 0 Å². The molecule has 0 radical (unpaired) electrons. The molecule has 0 saturated carbocycles. The van der Waals surface area contributed by atoms with Crippen molar-refractivity contribution in [3.05, 3.63) is 35.5 Å². The molecule has 0 spiro atoms. The fourth-order valence-corrected chi connectivity index (χ4v) is 1.71. The number of hydrogen-bond acceptors (Lipinski definition) is 3. The van der Waals surface area contributed by atoms with Gasteiger partial charge in [0.05, 0.1) is 5.69 Å². The van der Waals surface area contributed by atoms with Gasteiger partial charge in [0.15, 0.2) is 0 Å². The van der Waals surface area contributed by atoms with Gasteiger partial charge in [0.25, 0.3) is 0 Å². The molecular weight excluding hydrogens is 214 g/mol. The molecule has 0 atom stereocenters. The number of ether oxygens (including phenoxy) is 1. The zero-order valence-corrected chi connectivity index (χ0v) is 10.4. The van der Waals surface area contributed by atoms with Crippen molar-refractivity contribution in [2.45, 2.75) is 20.3 Å². The molecule has 1 heterocycles. The molecule has 0 unspecified atom stereocenters. The number of hydrogen-bond donors (Lipinski definition) is 1. The summed E-state index contributed by atoms with van der Waals surface area (Å²) in [4.78, 5) is 0. The van der Waals surface area contributed by atoms with E-state index in [1.165, 1.54) is 5.56 Å². The van der Waals surface area contributed by atoms with Crippen LogP contribution in [-0.2, 0) is 13.5 Å². The van der Waals surface area contributed by atoms with Gasteiger partial charge in [0.2, 0.25) is 5.88 Å². The number of benzene rings is 1. The fraction of sp³-hybridized carbons (Fsp3) is 0.308. The molecule has 2 rings (SSSR count). The second-order valence-electron chi connectivity index (χ2n) is 4.03. The van der Waals surface area contributed by atoms with Crippen LogP contribution in [0.3, 0.4) is 0 Å². The van der Waals surface area contributed by atoms with Gasteiger partial charge in [-0.25, -0.2) is 4.68 Å². The Balaban J connectivity index is 2.31. The zero-order valence-electron chi connectivity index (χ0n) is 10.4. The average Bonchev–Trinajstić information content (AvgIpc) is 2.56. The van der Waals surface area contributed by atoms with E-state index >= 15 is 0 Å². The van der Waals surface area contributed by atoms with Crippen molar-refractivity contribution in [1.82, 2.24) is 9.78 Å².